The average Bonchev–Trinajstić information content (AvgIpc) is 3.38. The van der Waals surface area contributed by atoms with Crippen molar-refractivity contribution in [2.45, 2.75) is 51.9 Å². The van der Waals surface area contributed by atoms with E-state index in [1.54, 1.807) is 0 Å². The van der Waals surface area contributed by atoms with Gasteiger partial charge in [-0.15, -0.1) is 24.0 Å². The van der Waals surface area contributed by atoms with E-state index in [0.717, 1.165) is 82.5 Å². The molecule has 30 heavy (non-hydrogen) atoms. The summed E-state index contributed by atoms with van der Waals surface area (Å²) in [6, 6.07) is 8.33. The molecule has 2 aromatic rings. The molecule has 7 nitrogen and oxygen atoms in total. The van der Waals surface area contributed by atoms with Gasteiger partial charge >= 0.3 is 0 Å². The van der Waals surface area contributed by atoms with Crippen molar-refractivity contribution in [3.63, 3.8) is 0 Å². The average molecular weight is 527 g/mol. The molecule has 1 aromatic carbocycles. The number of ether oxygens (including phenoxy) is 2. The summed E-state index contributed by atoms with van der Waals surface area (Å²) in [5, 5.41) is 3.46. The third-order valence-electron chi connectivity index (χ3n) is 5.75. The number of morpholine rings is 1. The first-order chi connectivity index (χ1) is 14.3. The van der Waals surface area contributed by atoms with Crippen molar-refractivity contribution in [3.05, 3.63) is 30.1 Å². The molecule has 4 rings (SSSR count). The summed E-state index contributed by atoms with van der Waals surface area (Å²) in [6.45, 7) is 10.1. The van der Waals surface area contributed by atoms with Gasteiger partial charge in [0.2, 0.25) is 0 Å². The zero-order valence-electron chi connectivity index (χ0n) is 18.0. The number of hydrogen-bond donors (Lipinski definition) is 1. The predicted molar refractivity (Wildman–Crippen MR) is 131 cm³/mol. The molecule has 2 atom stereocenters. The topological polar surface area (TPSA) is 63.9 Å². The van der Waals surface area contributed by atoms with E-state index in [9.17, 15) is 0 Å². The van der Waals surface area contributed by atoms with Crippen molar-refractivity contribution in [2.75, 3.05) is 39.4 Å². The minimum absolute atomic E-state index is 0. The number of para-hydroxylation sites is 2. The number of fused-ring (bicyclic) bond motifs is 1. The normalized spacial score (nSPS) is 22.3. The summed E-state index contributed by atoms with van der Waals surface area (Å²) < 4.78 is 14.1. The zero-order chi connectivity index (χ0) is 20.1. The number of halogens is 1. The van der Waals surface area contributed by atoms with E-state index >= 15 is 0 Å². The van der Waals surface area contributed by atoms with E-state index in [1.165, 1.54) is 5.52 Å². The second-order valence-corrected chi connectivity index (χ2v) is 7.80. The minimum Gasteiger partial charge on any atom is -0.375 e. The molecule has 0 bridgehead atoms. The van der Waals surface area contributed by atoms with Gasteiger partial charge in [-0.05, 0) is 45.2 Å². The Morgan fingerprint density at radius 2 is 2.07 bits per heavy atom. The van der Waals surface area contributed by atoms with Crippen LogP contribution in [0.15, 0.2) is 29.3 Å². The molecular weight excluding hydrogens is 493 g/mol. The lowest BCUT2D eigenvalue weighted by molar-refractivity contribution is -0.0817. The molecule has 1 N–H and O–H groups in total. The number of aliphatic imine (C=N–C) groups is 1. The Hall–Kier alpha value is -1.39. The second kappa shape index (κ2) is 11.3. The Bertz CT molecular complexity index is 834. The lowest BCUT2D eigenvalue weighted by atomic mass is 10.1. The molecule has 0 saturated carbocycles. The smallest absolute Gasteiger partial charge is 0.194 e. The fraction of sp³-hybridized carbons (Fsp3) is 0.636. The van der Waals surface area contributed by atoms with Crippen molar-refractivity contribution < 1.29 is 9.47 Å². The van der Waals surface area contributed by atoms with Crippen LogP contribution in [0.5, 0.6) is 0 Å². The Balaban J connectivity index is 0.00000256. The van der Waals surface area contributed by atoms with Gasteiger partial charge in [-0.3, -0.25) is 4.99 Å². The van der Waals surface area contributed by atoms with E-state index in [4.69, 9.17) is 14.5 Å². The number of nitrogens with zero attached hydrogens (tertiary/aromatic N) is 4. The standard InChI is InChI=1S/C22H33N5O2.HI/c1-3-23-22(26-13-15-29-21(16-26)20-10-6-14-28-20)24-11-7-12-27-17(2)25-18-8-4-5-9-19(18)27;/h4-5,8-9,20-21H,3,6-7,10-16H2,1-2H3,(H,23,24);1H. The van der Waals surface area contributed by atoms with Crippen molar-refractivity contribution >= 4 is 41.0 Å². The summed E-state index contributed by atoms with van der Waals surface area (Å²) in [7, 11) is 0. The molecule has 2 fully saturated rings. The first kappa shape index (κ1) is 23.3. The summed E-state index contributed by atoms with van der Waals surface area (Å²) in [5.41, 5.74) is 2.27. The van der Waals surface area contributed by atoms with Gasteiger partial charge in [-0.2, -0.15) is 0 Å². The van der Waals surface area contributed by atoms with Gasteiger partial charge < -0.3 is 24.3 Å². The highest BCUT2D eigenvalue weighted by atomic mass is 127. The van der Waals surface area contributed by atoms with Crippen LogP contribution in [0.3, 0.4) is 0 Å². The molecule has 166 valence electrons. The van der Waals surface area contributed by atoms with E-state index in [2.05, 4.69) is 51.8 Å². The molecule has 0 aliphatic carbocycles. The molecule has 0 radical (unpaired) electrons. The summed E-state index contributed by atoms with van der Waals surface area (Å²) >= 11 is 0. The number of guanidine groups is 1. The maximum Gasteiger partial charge on any atom is 0.194 e. The zero-order valence-corrected chi connectivity index (χ0v) is 20.4. The first-order valence-electron chi connectivity index (χ1n) is 10.9. The largest absolute Gasteiger partial charge is 0.375 e. The number of aromatic nitrogens is 2. The third-order valence-corrected chi connectivity index (χ3v) is 5.75. The highest BCUT2D eigenvalue weighted by Gasteiger charge is 2.32. The van der Waals surface area contributed by atoms with E-state index in [-0.39, 0.29) is 36.2 Å². The molecule has 8 heteroatoms. The van der Waals surface area contributed by atoms with Gasteiger partial charge in [0.05, 0.1) is 23.7 Å². The molecule has 2 aliphatic heterocycles. The molecule has 0 amide bonds. The molecule has 0 spiro atoms. The lowest BCUT2D eigenvalue weighted by Gasteiger charge is -2.37. The Kier molecular flexibility index (Phi) is 8.76. The third kappa shape index (κ3) is 5.45. The number of benzene rings is 1. The summed E-state index contributed by atoms with van der Waals surface area (Å²) in [5.74, 6) is 2.06. The van der Waals surface area contributed by atoms with Gasteiger partial charge in [-0.1, -0.05) is 12.1 Å². The molecule has 2 saturated heterocycles. The van der Waals surface area contributed by atoms with Crippen LogP contribution in [-0.2, 0) is 16.0 Å². The number of rotatable bonds is 6. The van der Waals surface area contributed by atoms with Crippen LogP contribution in [0.25, 0.3) is 11.0 Å². The van der Waals surface area contributed by atoms with Crippen LogP contribution in [0.2, 0.25) is 0 Å². The maximum absolute atomic E-state index is 5.99. The van der Waals surface area contributed by atoms with Crippen molar-refractivity contribution in [1.29, 1.82) is 0 Å². The number of aryl methyl sites for hydroxylation is 2. The fourth-order valence-corrected chi connectivity index (χ4v) is 4.31. The van der Waals surface area contributed by atoms with Crippen LogP contribution < -0.4 is 5.32 Å². The molecule has 2 aliphatic rings. The van der Waals surface area contributed by atoms with Gasteiger partial charge in [0.1, 0.15) is 11.9 Å². The van der Waals surface area contributed by atoms with Crippen molar-refractivity contribution in [1.82, 2.24) is 19.8 Å². The van der Waals surface area contributed by atoms with Crippen LogP contribution in [-0.4, -0.2) is 72.0 Å². The highest BCUT2D eigenvalue weighted by Crippen LogP contribution is 2.21. The SMILES string of the molecule is CCNC(=NCCCn1c(C)nc2ccccc21)N1CCOC(C2CCCO2)C1.I. The Labute approximate surface area is 196 Å². The van der Waals surface area contributed by atoms with Crippen LogP contribution in [0.4, 0.5) is 0 Å². The number of nitrogens with one attached hydrogen (secondary N) is 1. The lowest BCUT2D eigenvalue weighted by Crippen LogP contribution is -2.53. The van der Waals surface area contributed by atoms with E-state index in [0.29, 0.717) is 0 Å². The van der Waals surface area contributed by atoms with E-state index < -0.39 is 0 Å². The van der Waals surface area contributed by atoms with Gasteiger partial charge in [0.15, 0.2) is 5.96 Å². The van der Waals surface area contributed by atoms with Crippen LogP contribution in [0.1, 0.15) is 32.0 Å². The van der Waals surface area contributed by atoms with Crippen LogP contribution in [0, 0.1) is 6.92 Å². The minimum atomic E-state index is 0. The van der Waals surface area contributed by atoms with E-state index in [1.807, 2.05) is 6.07 Å². The van der Waals surface area contributed by atoms with Crippen molar-refractivity contribution in [2.24, 2.45) is 4.99 Å². The highest BCUT2D eigenvalue weighted by molar-refractivity contribution is 14.0. The molecule has 3 heterocycles. The molecule has 1 aromatic heterocycles. The maximum atomic E-state index is 5.99. The predicted octanol–water partition coefficient (Wildman–Crippen LogP) is 3.20. The first-order valence-corrected chi connectivity index (χ1v) is 10.9. The van der Waals surface area contributed by atoms with Gasteiger partial charge in [0.25, 0.3) is 0 Å². The summed E-state index contributed by atoms with van der Waals surface area (Å²) in [4.78, 5) is 11.9. The fourth-order valence-electron chi connectivity index (χ4n) is 4.31. The van der Waals surface area contributed by atoms with Crippen molar-refractivity contribution in [3.8, 4) is 0 Å². The Morgan fingerprint density at radius 3 is 2.87 bits per heavy atom. The molecule has 2 unspecified atom stereocenters. The number of imidazole rings is 1. The second-order valence-electron chi connectivity index (χ2n) is 7.80. The Morgan fingerprint density at radius 1 is 1.23 bits per heavy atom. The monoisotopic (exact) mass is 527 g/mol. The summed E-state index contributed by atoms with van der Waals surface area (Å²) in [6.07, 6.45) is 3.61. The number of hydrogen-bond acceptors (Lipinski definition) is 4. The molecular formula is C22H34IN5O2. The van der Waals surface area contributed by atoms with Crippen LogP contribution >= 0.6 is 24.0 Å². The van der Waals surface area contributed by atoms with Gasteiger partial charge in [0, 0.05) is 39.3 Å². The van der Waals surface area contributed by atoms with Gasteiger partial charge in [-0.25, -0.2) is 4.98 Å². The quantitative estimate of drug-likeness (QED) is 0.271.